The Kier molecular flexibility index (Phi) is 4.14. The van der Waals surface area contributed by atoms with Crippen molar-refractivity contribution in [1.29, 1.82) is 0 Å². The van der Waals surface area contributed by atoms with Crippen LogP contribution in [0.15, 0.2) is 0 Å². The van der Waals surface area contributed by atoms with Gasteiger partial charge < -0.3 is 10.4 Å². The molecule has 0 aromatic rings. The maximum atomic E-state index is 12.0. The highest BCUT2D eigenvalue weighted by atomic mass is 16.4. The quantitative estimate of drug-likeness (QED) is 0.766. The minimum absolute atomic E-state index is 0.133. The fraction of sp³-hybridized carbons (Fsp3) is 0.833. The van der Waals surface area contributed by atoms with E-state index in [9.17, 15) is 9.59 Å². The molecule has 0 aromatic carbocycles. The van der Waals surface area contributed by atoms with Crippen LogP contribution in [-0.4, -0.2) is 46.1 Å². The largest absolute Gasteiger partial charge is 0.481 e. The van der Waals surface area contributed by atoms with Gasteiger partial charge in [0.15, 0.2) is 0 Å². The Morgan fingerprint density at radius 3 is 2.71 bits per heavy atom. The smallest absolute Gasteiger partial charge is 0.305 e. The number of carboxylic acid groups (broad SMARTS) is 1. The number of carbonyl (C=O) groups excluding carboxylic acids is 1. The Labute approximate surface area is 102 Å². The van der Waals surface area contributed by atoms with Gasteiger partial charge in [-0.25, -0.2) is 0 Å². The van der Waals surface area contributed by atoms with E-state index >= 15 is 0 Å². The summed E-state index contributed by atoms with van der Waals surface area (Å²) >= 11 is 0. The molecule has 17 heavy (non-hydrogen) atoms. The van der Waals surface area contributed by atoms with Crippen LogP contribution >= 0.6 is 0 Å². The number of carbonyl (C=O) groups is 2. The van der Waals surface area contributed by atoms with Crippen molar-refractivity contribution in [2.24, 2.45) is 0 Å². The third-order valence-corrected chi connectivity index (χ3v) is 3.27. The topological polar surface area (TPSA) is 69.6 Å². The Balaban J connectivity index is 2.90. The first-order valence-electron chi connectivity index (χ1n) is 6.06. The van der Waals surface area contributed by atoms with Crippen molar-refractivity contribution in [1.82, 2.24) is 10.2 Å². The lowest BCUT2D eigenvalue weighted by Crippen LogP contribution is -2.66. The fourth-order valence-corrected chi connectivity index (χ4v) is 2.25. The van der Waals surface area contributed by atoms with Gasteiger partial charge in [-0.2, -0.15) is 0 Å². The monoisotopic (exact) mass is 242 g/mol. The Hall–Kier alpha value is -1.10. The predicted molar refractivity (Wildman–Crippen MR) is 64.7 cm³/mol. The second-order valence-corrected chi connectivity index (χ2v) is 5.42. The van der Waals surface area contributed by atoms with Gasteiger partial charge in [0.05, 0.1) is 12.5 Å². The average Bonchev–Trinajstić information content (AvgIpc) is 2.19. The zero-order valence-electron chi connectivity index (χ0n) is 11.0. The molecule has 1 heterocycles. The zero-order valence-corrected chi connectivity index (χ0v) is 11.0. The first kappa shape index (κ1) is 14.0. The maximum Gasteiger partial charge on any atom is 0.305 e. The van der Waals surface area contributed by atoms with Crippen molar-refractivity contribution in [3.8, 4) is 0 Å². The molecule has 1 aliphatic heterocycles. The second kappa shape index (κ2) is 5.04. The highest BCUT2D eigenvalue weighted by molar-refractivity contribution is 5.87. The van der Waals surface area contributed by atoms with Crippen LogP contribution in [0.25, 0.3) is 0 Å². The SMILES string of the molecule is CCC(C)N1CC(C)(C)NC(=O)C1CC(=O)O. The summed E-state index contributed by atoms with van der Waals surface area (Å²) in [4.78, 5) is 24.8. The van der Waals surface area contributed by atoms with Crippen LogP contribution < -0.4 is 5.32 Å². The number of aliphatic carboxylic acids is 1. The average molecular weight is 242 g/mol. The summed E-state index contributed by atoms with van der Waals surface area (Å²) in [6.45, 7) is 8.67. The molecule has 0 spiro atoms. The van der Waals surface area contributed by atoms with E-state index < -0.39 is 12.0 Å². The summed E-state index contributed by atoms with van der Waals surface area (Å²) in [5.41, 5.74) is -0.296. The summed E-state index contributed by atoms with van der Waals surface area (Å²) in [5, 5.41) is 11.8. The lowest BCUT2D eigenvalue weighted by molar-refractivity contribution is -0.146. The van der Waals surface area contributed by atoms with E-state index in [1.165, 1.54) is 0 Å². The molecule has 1 amide bonds. The number of nitrogens with one attached hydrogen (secondary N) is 1. The van der Waals surface area contributed by atoms with Crippen LogP contribution in [0.2, 0.25) is 0 Å². The van der Waals surface area contributed by atoms with Gasteiger partial charge in [0.1, 0.15) is 0 Å². The van der Waals surface area contributed by atoms with Crippen molar-refractivity contribution in [2.75, 3.05) is 6.54 Å². The molecule has 5 nitrogen and oxygen atoms in total. The first-order valence-corrected chi connectivity index (χ1v) is 6.06. The van der Waals surface area contributed by atoms with Gasteiger partial charge >= 0.3 is 5.97 Å². The lowest BCUT2D eigenvalue weighted by atomic mass is 9.94. The molecule has 0 aromatic heterocycles. The van der Waals surface area contributed by atoms with Gasteiger partial charge in [0.2, 0.25) is 5.91 Å². The van der Waals surface area contributed by atoms with Crippen LogP contribution in [0, 0.1) is 0 Å². The van der Waals surface area contributed by atoms with Crippen LogP contribution in [0.1, 0.15) is 40.5 Å². The zero-order chi connectivity index (χ0) is 13.2. The predicted octanol–water partition coefficient (Wildman–Crippen LogP) is 0.839. The second-order valence-electron chi connectivity index (χ2n) is 5.42. The first-order chi connectivity index (χ1) is 7.76. The Morgan fingerprint density at radius 2 is 2.24 bits per heavy atom. The summed E-state index contributed by atoms with van der Waals surface area (Å²) in [6.07, 6.45) is 0.770. The molecule has 1 fully saturated rings. The molecular weight excluding hydrogens is 220 g/mol. The summed E-state index contributed by atoms with van der Waals surface area (Å²) in [6, 6.07) is -0.333. The van der Waals surface area contributed by atoms with E-state index in [1.807, 2.05) is 32.6 Å². The van der Waals surface area contributed by atoms with E-state index in [-0.39, 0.29) is 23.9 Å². The van der Waals surface area contributed by atoms with Gasteiger partial charge in [-0.15, -0.1) is 0 Å². The number of carboxylic acids is 1. The minimum atomic E-state index is -0.932. The van der Waals surface area contributed by atoms with Crippen LogP contribution in [-0.2, 0) is 9.59 Å². The van der Waals surface area contributed by atoms with Gasteiger partial charge in [-0.1, -0.05) is 6.92 Å². The molecular formula is C12H22N2O3. The highest BCUT2D eigenvalue weighted by Gasteiger charge is 2.40. The minimum Gasteiger partial charge on any atom is -0.481 e. The molecule has 98 valence electrons. The van der Waals surface area contributed by atoms with Crippen molar-refractivity contribution in [2.45, 2.75) is 58.2 Å². The van der Waals surface area contributed by atoms with Crippen molar-refractivity contribution < 1.29 is 14.7 Å². The van der Waals surface area contributed by atoms with E-state index in [0.717, 1.165) is 6.42 Å². The molecule has 2 atom stereocenters. The normalized spacial score (nSPS) is 26.4. The number of nitrogens with zero attached hydrogens (tertiary/aromatic N) is 1. The fourth-order valence-electron chi connectivity index (χ4n) is 2.25. The maximum absolute atomic E-state index is 12.0. The molecule has 5 heteroatoms. The van der Waals surface area contributed by atoms with Crippen LogP contribution in [0.5, 0.6) is 0 Å². The third kappa shape index (κ3) is 3.43. The number of piperazine rings is 1. The van der Waals surface area contributed by atoms with Gasteiger partial charge in [0.25, 0.3) is 0 Å². The molecule has 0 radical (unpaired) electrons. The summed E-state index contributed by atoms with van der Waals surface area (Å²) in [7, 11) is 0. The molecule has 2 unspecified atom stereocenters. The number of rotatable bonds is 4. The lowest BCUT2D eigenvalue weighted by Gasteiger charge is -2.45. The van der Waals surface area contributed by atoms with Crippen LogP contribution in [0.3, 0.4) is 0 Å². The van der Waals surface area contributed by atoms with Crippen molar-refractivity contribution in [3.05, 3.63) is 0 Å². The number of amides is 1. The molecule has 1 rings (SSSR count). The van der Waals surface area contributed by atoms with Crippen molar-refractivity contribution >= 4 is 11.9 Å². The molecule has 0 bridgehead atoms. The molecule has 1 aliphatic rings. The van der Waals surface area contributed by atoms with Crippen LogP contribution in [0.4, 0.5) is 0 Å². The van der Waals surface area contributed by atoms with Gasteiger partial charge in [-0.3, -0.25) is 14.5 Å². The molecule has 0 aliphatic carbocycles. The van der Waals surface area contributed by atoms with Gasteiger partial charge in [-0.05, 0) is 27.2 Å². The number of hydrogen-bond donors (Lipinski definition) is 2. The van der Waals surface area contributed by atoms with Gasteiger partial charge in [0, 0.05) is 18.1 Å². The van der Waals surface area contributed by atoms with E-state index in [1.54, 1.807) is 0 Å². The summed E-state index contributed by atoms with van der Waals surface area (Å²) < 4.78 is 0. The van der Waals surface area contributed by atoms with E-state index in [4.69, 9.17) is 5.11 Å². The highest BCUT2D eigenvalue weighted by Crippen LogP contribution is 2.22. The Bertz CT molecular complexity index is 315. The molecule has 2 N–H and O–H groups in total. The standard InChI is InChI=1S/C12H22N2O3/c1-5-8(2)14-7-12(3,4)13-11(17)9(14)6-10(15)16/h8-9H,5-7H2,1-4H3,(H,13,17)(H,15,16). The Morgan fingerprint density at radius 1 is 1.65 bits per heavy atom. The molecule has 0 saturated carbocycles. The number of hydrogen-bond acceptors (Lipinski definition) is 3. The van der Waals surface area contributed by atoms with E-state index in [2.05, 4.69) is 5.32 Å². The third-order valence-electron chi connectivity index (χ3n) is 3.27. The molecule has 1 saturated heterocycles. The van der Waals surface area contributed by atoms with E-state index in [0.29, 0.717) is 6.54 Å². The van der Waals surface area contributed by atoms with Crippen molar-refractivity contribution in [3.63, 3.8) is 0 Å². The summed E-state index contributed by atoms with van der Waals surface area (Å²) in [5.74, 6) is -1.11.